The molecule has 2 unspecified atom stereocenters. The van der Waals surface area contributed by atoms with Crippen LogP contribution in [0.4, 0.5) is 14.6 Å². The number of halogens is 2. The molecular formula is C24H27F2N5. The smallest absolute Gasteiger partial charge is 0.183 e. The maximum atomic E-state index is 14.6. The number of piperidine rings is 1. The summed E-state index contributed by atoms with van der Waals surface area (Å²) in [6, 6.07) is 8.42. The minimum absolute atomic E-state index is 0.254. The number of aromatic nitrogens is 4. The first-order valence-electron chi connectivity index (χ1n) is 10.6. The summed E-state index contributed by atoms with van der Waals surface area (Å²) in [4.78, 5) is 10.7. The SMILES string of the molecule is C=C(C)c1cc(-c2ncc(F)c(N3CCC(C)C(C)C3)n2)nn1Cc1ccccc1F. The van der Waals surface area contributed by atoms with Crippen LogP contribution < -0.4 is 4.90 Å². The van der Waals surface area contributed by atoms with Crippen LogP contribution in [0.25, 0.3) is 17.1 Å². The Labute approximate surface area is 181 Å². The Kier molecular flexibility index (Phi) is 5.85. The Bertz CT molecular complexity index is 1110. The van der Waals surface area contributed by atoms with Crippen molar-refractivity contribution in [2.75, 3.05) is 18.0 Å². The van der Waals surface area contributed by atoms with E-state index >= 15 is 0 Å². The van der Waals surface area contributed by atoms with Gasteiger partial charge in [-0.2, -0.15) is 5.10 Å². The second-order valence-electron chi connectivity index (χ2n) is 8.50. The van der Waals surface area contributed by atoms with E-state index in [1.807, 2.05) is 17.9 Å². The van der Waals surface area contributed by atoms with Crippen molar-refractivity contribution in [2.45, 2.75) is 33.7 Å². The van der Waals surface area contributed by atoms with Gasteiger partial charge in [0.2, 0.25) is 0 Å². The van der Waals surface area contributed by atoms with Gasteiger partial charge in [0.25, 0.3) is 0 Å². The summed E-state index contributed by atoms with van der Waals surface area (Å²) < 4.78 is 30.4. The average molecular weight is 424 g/mol. The van der Waals surface area contributed by atoms with Gasteiger partial charge in [-0.1, -0.05) is 38.6 Å². The minimum atomic E-state index is -0.434. The maximum Gasteiger partial charge on any atom is 0.183 e. The Morgan fingerprint density at radius 2 is 1.94 bits per heavy atom. The third-order valence-electron chi connectivity index (χ3n) is 6.08. The molecule has 0 bridgehead atoms. The number of nitrogens with zero attached hydrogens (tertiary/aromatic N) is 5. The Morgan fingerprint density at radius 1 is 1.16 bits per heavy atom. The molecule has 3 heterocycles. The van der Waals surface area contributed by atoms with E-state index in [0.29, 0.717) is 34.7 Å². The third-order valence-corrected chi connectivity index (χ3v) is 6.08. The molecule has 0 spiro atoms. The number of benzene rings is 1. The fraction of sp³-hybridized carbons (Fsp3) is 0.375. The second kappa shape index (κ2) is 8.57. The number of anilines is 1. The van der Waals surface area contributed by atoms with Crippen molar-refractivity contribution in [1.82, 2.24) is 19.7 Å². The first kappa shape index (κ1) is 21.2. The van der Waals surface area contributed by atoms with Crippen LogP contribution >= 0.6 is 0 Å². The molecule has 1 fully saturated rings. The fourth-order valence-electron chi connectivity index (χ4n) is 3.94. The lowest BCUT2D eigenvalue weighted by Gasteiger charge is -2.36. The van der Waals surface area contributed by atoms with Gasteiger partial charge in [-0.3, -0.25) is 4.68 Å². The van der Waals surface area contributed by atoms with Crippen LogP contribution in [0.5, 0.6) is 0 Å². The number of hydrogen-bond acceptors (Lipinski definition) is 4. The molecule has 1 aliphatic rings. The van der Waals surface area contributed by atoms with Gasteiger partial charge in [0.1, 0.15) is 11.5 Å². The number of allylic oxidation sites excluding steroid dienone is 1. The standard InChI is InChI=1S/C24H27F2N5/c1-15(2)22-11-21(29-31(22)14-18-7-5-6-8-19(18)25)23-27-12-20(26)24(28-23)30-10-9-16(3)17(4)13-30/h5-8,11-12,16-17H,1,9-10,13-14H2,2-4H3. The van der Waals surface area contributed by atoms with E-state index in [-0.39, 0.29) is 12.4 Å². The van der Waals surface area contributed by atoms with Crippen molar-refractivity contribution in [3.05, 3.63) is 66.0 Å². The zero-order valence-electron chi connectivity index (χ0n) is 18.1. The predicted molar refractivity (Wildman–Crippen MR) is 119 cm³/mol. The molecule has 0 saturated carbocycles. The van der Waals surface area contributed by atoms with Gasteiger partial charge in [-0.05, 0) is 42.9 Å². The van der Waals surface area contributed by atoms with Crippen molar-refractivity contribution in [3.8, 4) is 11.5 Å². The van der Waals surface area contributed by atoms with E-state index < -0.39 is 5.82 Å². The highest BCUT2D eigenvalue weighted by Gasteiger charge is 2.26. The molecular weight excluding hydrogens is 396 g/mol. The van der Waals surface area contributed by atoms with Crippen LogP contribution in [0.1, 0.15) is 38.4 Å². The molecule has 162 valence electrons. The molecule has 2 aromatic heterocycles. The van der Waals surface area contributed by atoms with Gasteiger partial charge in [-0.25, -0.2) is 18.7 Å². The Hall–Kier alpha value is -3.09. The van der Waals surface area contributed by atoms with Gasteiger partial charge in [0, 0.05) is 18.7 Å². The van der Waals surface area contributed by atoms with E-state index in [9.17, 15) is 8.78 Å². The van der Waals surface area contributed by atoms with Crippen molar-refractivity contribution in [3.63, 3.8) is 0 Å². The average Bonchev–Trinajstić information content (AvgIpc) is 3.16. The number of rotatable bonds is 5. The highest BCUT2D eigenvalue weighted by atomic mass is 19.1. The predicted octanol–water partition coefficient (Wildman–Crippen LogP) is 5.18. The summed E-state index contributed by atoms with van der Waals surface area (Å²) in [5.41, 5.74) is 2.58. The molecule has 1 saturated heterocycles. The third kappa shape index (κ3) is 4.36. The minimum Gasteiger partial charge on any atom is -0.354 e. The largest absolute Gasteiger partial charge is 0.354 e. The highest BCUT2D eigenvalue weighted by molar-refractivity contribution is 5.64. The topological polar surface area (TPSA) is 46.8 Å². The van der Waals surface area contributed by atoms with Gasteiger partial charge in [0.05, 0.1) is 18.4 Å². The summed E-state index contributed by atoms with van der Waals surface area (Å²) in [6.45, 7) is 12.1. The summed E-state index contributed by atoms with van der Waals surface area (Å²) in [7, 11) is 0. The zero-order chi connectivity index (χ0) is 22.1. The number of hydrogen-bond donors (Lipinski definition) is 0. The second-order valence-corrected chi connectivity index (χ2v) is 8.50. The lowest BCUT2D eigenvalue weighted by molar-refractivity contribution is 0.321. The van der Waals surface area contributed by atoms with E-state index in [2.05, 4.69) is 35.5 Å². The van der Waals surface area contributed by atoms with E-state index in [4.69, 9.17) is 0 Å². The molecule has 0 radical (unpaired) electrons. The molecule has 1 aliphatic heterocycles. The van der Waals surface area contributed by atoms with Gasteiger partial charge in [0.15, 0.2) is 17.5 Å². The lowest BCUT2D eigenvalue weighted by Crippen LogP contribution is -2.39. The fourth-order valence-corrected chi connectivity index (χ4v) is 3.94. The van der Waals surface area contributed by atoms with Crippen molar-refractivity contribution in [1.29, 1.82) is 0 Å². The highest BCUT2D eigenvalue weighted by Crippen LogP contribution is 2.29. The molecule has 4 rings (SSSR count). The molecule has 1 aromatic carbocycles. The molecule has 31 heavy (non-hydrogen) atoms. The molecule has 0 N–H and O–H groups in total. The van der Waals surface area contributed by atoms with Gasteiger partial charge in [-0.15, -0.1) is 0 Å². The molecule has 2 atom stereocenters. The summed E-state index contributed by atoms with van der Waals surface area (Å²) in [5.74, 6) is 0.994. The molecule has 0 aliphatic carbocycles. The van der Waals surface area contributed by atoms with Crippen LogP contribution in [0, 0.1) is 23.5 Å². The van der Waals surface area contributed by atoms with Crippen LogP contribution in [0.3, 0.4) is 0 Å². The zero-order valence-corrected chi connectivity index (χ0v) is 18.1. The van der Waals surface area contributed by atoms with Crippen LogP contribution in [-0.2, 0) is 6.54 Å². The maximum absolute atomic E-state index is 14.6. The molecule has 0 amide bonds. The van der Waals surface area contributed by atoms with Crippen molar-refractivity contribution in [2.24, 2.45) is 11.8 Å². The summed E-state index contributed by atoms with van der Waals surface area (Å²) in [6.07, 6.45) is 2.20. The van der Waals surface area contributed by atoms with E-state index in [1.165, 1.54) is 12.3 Å². The first-order chi connectivity index (χ1) is 14.8. The Morgan fingerprint density at radius 3 is 2.65 bits per heavy atom. The summed E-state index contributed by atoms with van der Waals surface area (Å²) >= 11 is 0. The van der Waals surface area contributed by atoms with Crippen LogP contribution in [0.2, 0.25) is 0 Å². The van der Waals surface area contributed by atoms with E-state index in [0.717, 1.165) is 30.8 Å². The lowest BCUT2D eigenvalue weighted by atomic mass is 9.89. The van der Waals surface area contributed by atoms with Crippen molar-refractivity contribution < 1.29 is 8.78 Å². The first-order valence-corrected chi connectivity index (χ1v) is 10.6. The van der Waals surface area contributed by atoms with Crippen LogP contribution in [-0.4, -0.2) is 32.8 Å². The normalized spacial score (nSPS) is 18.9. The Balaban J connectivity index is 1.68. The van der Waals surface area contributed by atoms with Gasteiger partial charge >= 0.3 is 0 Å². The molecule has 7 heteroatoms. The summed E-state index contributed by atoms with van der Waals surface area (Å²) in [5, 5.41) is 4.60. The van der Waals surface area contributed by atoms with E-state index in [1.54, 1.807) is 22.9 Å². The van der Waals surface area contributed by atoms with Crippen LogP contribution in [0.15, 0.2) is 43.1 Å². The quantitative estimate of drug-likeness (QED) is 0.567. The molecule has 5 nitrogen and oxygen atoms in total. The van der Waals surface area contributed by atoms with Crippen molar-refractivity contribution >= 4 is 11.4 Å². The van der Waals surface area contributed by atoms with Gasteiger partial charge < -0.3 is 4.90 Å². The molecule has 3 aromatic rings. The monoisotopic (exact) mass is 423 g/mol.